The van der Waals surface area contributed by atoms with E-state index in [9.17, 15) is 4.79 Å². The summed E-state index contributed by atoms with van der Waals surface area (Å²) in [4.78, 5) is 14.7. The zero-order valence-corrected chi connectivity index (χ0v) is 17.6. The van der Waals surface area contributed by atoms with E-state index in [1.807, 2.05) is 36.4 Å². The van der Waals surface area contributed by atoms with Crippen LogP contribution in [0.5, 0.6) is 11.5 Å². The minimum absolute atomic E-state index is 0.153. The molecular weight excluding hydrogens is 418 g/mol. The van der Waals surface area contributed by atoms with Gasteiger partial charge in [-0.1, -0.05) is 29.8 Å². The topological polar surface area (TPSA) is 47.6 Å². The van der Waals surface area contributed by atoms with Gasteiger partial charge in [0, 0.05) is 51.2 Å². The molecule has 1 aliphatic carbocycles. The first-order valence-corrected chi connectivity index (χ1v) is 11.2. The SMILES string of the molecule is O=C1C[C@@H](c2cccs2)CC2=C1[C@H](c1ccc(Cl)cc1)c1cc3c(cc1N2)OCO3. The third-order valence-electron chi connectivity index (χ3n) is 6.09. The van der Waals surface area contributed by atoms with Crippen LogP contribution in [-0.4, -0.2) is 12.6 Å². The van der Waals surface area contributed by atoms with E-state index in [2.05, 4.69) is 22.8 Å². The molecule has 2 atom stereocenters. The van der Waals surface area contributed by atoms with Crippen molar-refractivity contribution in [1.29, 1.82) is 0 Å². The average molecular weight is 436 g/mol. The van der Waals surface area contributed by atoms with E-state index >= 15 is 0 Å². The Morgan fingerprint density at radius 1 is 1.03 bits per heavy atom. The molecule has 3 aliphatic rings. The highest BCUT2D eigenvalue weighted by atomic mass is 35.5. The van der Waals surface area contributed by atoms with E-state index < -0.39 is 0 Å². The van der Waals surface area contributed by atoms with E-state index in [1.165, 1.54) is 4.88 Å². The number of allylic oxidation sites excluding steroid dienone is 2. The average Bonchev–Trinajstić information content (AvgIpc) is 3.43. The van der Waals surface area contributed by atoms with Crippen LogP contribution in [0.15, 0.2) is 65.2 Å². The molecule has 0 saturated heterocycles. The van der Waals surface area contributed by atoms with Crippen LogP contribution in [0, 0.1) is 0 Å². The van der Waals surface area contributed by atoms with Crippen LogP contribution in [0.2, 0.25) is 5.02 Å². The quantitative estimate of drug-likeness (QED) is 0.529. The third-order valence-corrected chi connectivity index (χ3v) is 7.37. The predicted octanol–water partition coefficient (Wildman–Crippen LogP) is 6.09. The number of hydrogen-bond acceptors (Lipinski definition) is 5. The second-order valence-corrected chi connectivity index (χ2v) is 9.25. The van der Waals surface area contributed by atoms with Gasteiger partial charge in [-0.15, -0.1) is 11.3 Å². The van der Waals surface area contributed by atoms with Crippen LogP contribution in [0.1, 0.15) is 40.7 Å². The number of anilines is 1. The van der Waals surface area contributed by atoms with Gasteiger partial charge < -0.3 is 14.8 Å². The van der Waals surface area contributed by atoms with Gasteiger partial charge in [0.05, 0.1) is 0 Å². The summed E-state index contributed by atoms with van der Waals surface area (Å²) in [6.07, 6.45) is 1.35. The fourth-order valence-electron chi connectivity index (χ4n) is 4.73. The third kappa shape index (κ3) is 2.84. The van der Waals surface area contributed by atoms with Crippen LogP contribution in [0.4, 0.5) is 5.69 Å². The Morgan fingerprint density at radius 3 is 2.60 bits per heavy atom. The van der Waals surface area contributed by atoms with Gasteiger partial charge in [-0.25, -0.2) is 0 Å². The van der Waals surface area contributed by atoms with Crippen molar-refractivity contribution in [1.82, 2.24) is 0 Å². The Kier molecular flexibility index (Phi) is 4.15. The number of halogens is 1. The second-order valence-electron chi connectivity index (χ2n) is 7.84. The van der Waals surface area contributed by atoms with Crippen molar-refractivity contribution in [2.24, 2.45) is 0 Å². The van der Waals surface area contributed by atoms with Crippen molar-refractivity contribution < 1.29 is 14.3 Å². The van der Waals surface area contributed by atoms with E-state index in [0.717, 1.165) is 46.0 Å². The minimum atomic E-state index is -0.153. The molecule has 0 amide bonds. The number of benzene rings is 2. The summed E-state index contributed by atoms with van der Waals surface area (Å²) in [5.74, 6) is 1.71. The number of hydrogen-bond donors (Lipinski definition) is 1. The second kappa shape index (κ2) is 6.89. The maximum Gasteiger partial charge on any atom is 0.231 e. The Labute approximate surface area is 183 Å². The van der Waals surface area contributed by atoms with Gasteiger partial charge in [-0.2, -0.15) is 0 Å². The van der Waals surface area contributed by atoms with E-state index in [-0.39, 0.29) is 24.4 Å². The molecule has 0 fully saturated rings. The molecule has 150 valence electrons. The molecule has 1 N–H and O–H groups in total. The number of rotatable bonds is 2. The largest absolute Gasteiger partial charge is 0.454 e. The molecule has 6 heteroatoms. The highest BCUT2D eigenvalue weighted by Gasteiger charge is 2.39. The van der Waals surface area contributed by atoms with Crippen LogP contribution >= 0.6 is 22.9 Å². The van der Waals surface area contributed by atoms with Crippen molar-refractivity contribution in [3.8, 4) is 11.5 Å². The molecule has 2 aromatic carbocycles. The summed E-state index contributed by atoms with van der Waals surface area (Å²) in [5.41, 5.74) is 4.92. The van der Waals surface area contributed by atoms with E-state index in [0.29, 0.717) is 11.4 Å². The molecule has 6 rings (SSSR count). The van der Waals surface area contributed by atoms with Gasteiger partial charge in [-0.3, -0.25) is 4.79 Å². The normalized spacial score (nSPS) is 21.8. The van der Waals surface area contributed by atoms with Crippen molar-refractivity contribution in [2.75, 3.05) is 12.1 Å². The summed E-state index contributed by atoms with van der Waals surface area (Å²) >= 11 is 7.86. The predicted molar refractivity (Wildman–Crippen MR) is 118 cm³/mol. The van der Waals surface area contributed by atoms with Gasteiger partial charge in [0.15, 0.2) is 17.3 Å². The van der Waals surface area contributed by atoms with E-state index in [4.69, 9.17) is 21.1 Å². The van der Waals surface area contributed by atoms with Crippen molar-refractivity contribution in [2.45, 2.75) is 24.7 Å². The molecule has 0 unspecified atom stereocenters. The zero-order chi connectivity index (χ0) is 20.2. The fourth-order valence-corrected chi connectivity index (χ4v) is 5.69. The van der Waals surface area contributed by atoms with Gasteiger partial charge in [0.2, 0.25) is 6.79 Å². The summed E-state index contributed by atoms with van der Waals surface area (Å²) in [6, 6.07) is 16.0. The maximum atomic E-state index is 13.5. The van der Waals surface area contributed by atoms with Crippen LogP contribution in [-0.2, 0) is 4.79 Å². The summed E-state index contributed by atoms with van der Waals surface area (Å²) in [5, 5.41) is 6.32. The minimum Gasteiger partial charge on any atom is -0.454 e. The standard InChI is InChI=1S/C24H18ClNO3S/c25-15-5-3-13(4-6-15)23-16-10-20-21(29-12-28-20)11-17(16)26-18-8-14(9-19(27)24(18)23)22-2-1-7-30-22/h1-7,10-11,14,23,26H,8-9,12H2/t14-,23+/m0/s1. The number of thiophene rings is 1. The Balaban J connectivity index is 1.51. The monoisotopic (exact) mass is 435 g/mol. The Morgan fingerprint density at radius 2 is 1.83 bits per heavy atom. The van der Waals surface area contributed by atoms with Gasteiger partial charge >= 0.3 is 0 Å². The first-order valence-electron chi connectivity index (χ1n) is 9.93. The number of fused-ring (bicyclic) bond motifs is 2. The maximum absolute atomic E-state index is 13.5. The van der Waals surface area contributed by atoms with Gasteiger partial charge in [-0.05, 0) is 47.2 Å². The molecular formula is C24H18ClNO3S. The Hall–Kier alpha value is -2.76. The lowest BCUT2D eigenvalue weighted by molar-refractivity contribution is -0.116. The number of carbonyl (C=O) groups excluding carboxylic acids is 1. The molecule has 0 bridgehead atoms. The highest BCUT2D eigenvalue weighted by molar-refractivity contribution is 7.10. The van der Waals surface area contributed by atoms with E-state index in [1.54, 1.807) is 11.3 Å². The highest BCUT2D eigenvalue weighted by Crippen LogP contribution is 2.51. The number of Topliss-reactive ketones (excluding diaryl/α,β-unsaturated/α-hetero) is 1. The summed E-state index contributed by atoms with van der Waals surface area (Å²) < 4.78 is 11.2. The zero-order valence-electron chi connectivity index (χ0n) is 16.0. The lowest BCUT2D eigenvalue weighted by Gasteiger charge is -2.36. The van der Waals surface area contributed by atoms with Crippen molar-refractivity contribution in [3.05, 3.63) is 86.2 Å². The van der Waals surface area contributed by atoms with Crippen molar-refractivity contribution in [3.63, 3.8) is 0 Å². The smallest absolute Gasteiger partial charge is 0.231 e. The first kappa shape index (κ1) is 18.0. The molecule has 3 aromatic rings. The van der Waals surface area contributed by atoms with Crippen LogP contribution < -0.4 is 14.8 Å². The first-order chi connectivity index (χ1) is 14.7. The summed E-state index contributed by atoms with van der Waals surface area (Å²) in [6.45, 7) is 0.219. The van der Waals surface area contributed by atoms with Crippen molar-refractivity contribution >= 4 is 34.4 Å². The fraction of sp³-hybridized carbons (Fsp3) is 0.208. The molecule has 0 saturated carbocycles. The molecule has 0 radical (unpaired) electrons. The summed E-state index contributed by atoms with van der Waals surface area (Å²) in [7, 11) is 0. The number of ketones is 1. The van der Waals surface area contributed by atoms with Crippen LogP contribution in [0.3, 0.4) is 0 Å². The van der Waals surface area contributed by atoms with Gasteiger partial charge in [0.25, 0.3) is 0 Å². The number of nitrogens with one attached hydrogen (secondary N) is 1. The van der Waals surface area contributed by atoms with Gasteiger partial charge in [0.1, 0.15) is 0 Å². The lowest BCUT2D eigenvalue weighted by atomic mass is 9.73. The Bertz CT molecular complexity index is 1180. The molecule has 30 heavy (non-hydrogen) atoms. The number of carbonyl (C=O) groups is 1. The lowest BCUT2D eigenvalue weighted by Crippen LogP contribution is -2.29. The van der Waals surface area contributed by atoms with Crippen LogP contribution in [0.25, 0.3) is 0 Å². The molecule has 4 nitrogen and oxygen atoms in total. The number of ether oxygens (including phenoxy) is 2. The molecule has 0 spiro atoms. The molecule has 2 aliphatic heterocycles. The molecule has 1 aromatic heterocycles. The molecule has 3 heterocycles.